The van der Waals surface area contributed by atoms with Gasteiger partial charge >= 0.3 is 0 Å². The number of ether oxygens (including phenoxy) is 2. The predicted octanol–water partition coefficient (Wildman–Crippen LogP) is 4.07. The molecule has 168 valence electrons. The van der Waals surface area contributed by atoms with Gasteiger partial charge in [0.1, 0.15) is 18.5 Å². The first-order valence-corrected chi connectivity index (χ1v) is 12.7. The molecule has 1 saturated heterocycles. The number of benzene rings is 2. The minimum Gasteiger partial charge on any atom is -0.486 e. The van der Waals surface area contributed by atoms with Crippen LogP contribution < -0.4 is 14.2 Å². The van der Waals surface area contributed by atoms with Gasteiger partial charge in [-0.15, -0.1) is 0 Å². The zero-order valence-corrected chi connectivity index (χ0v) is 19.8. The highest BCUT2D eigenvalue weighted by Crippen LogP contribution is 2.34. The highest BCUT2D eigenvalue weighted by Gasteiger charge is 2.27. The van der Waals surface area contributed by atoms with Crippen LogP contribution in [0.2, 0.25) is 5.02 Å². The molecule has 1 atom stereocenters. The van der Waals surface area contributed by atoms with Gasteiger partial charge in [-0.2, -0.15) is 0 Å². The molecule has 0 aromatic heterocycles. The van der Waals surface area contributed by atoms with Crippen LogP contribution in [0.3, 0.4) is 0 Å². The molecular weight excluding hydrogens is 511 g/mol. The van der Waals surface area contributed by atoms with E-state index in [1.807, 2.05) is 18.2 Å². The van der Waals surface area contributed by atoms with Gasteiger partial charge in [-0.25, -0.2) is 17.5 Å². The molecule has 4 rings (SSSR count). The summed E-state index contributed by atoms with van der Waals surface area (Å²) < 4.78 is 53.7. The molecule has 0 aliphatic carbocycles. The number of hydrogen-bond donors (Lipinski definition) is 1. The number of fused-ring (bicyclic) bond motifs is 1. The van der Waals surface area contributed by atoms with Crippen LogP contribution in [-0.4, -0.2) is 52.2 Å². The van der Waals surface area contributed by atoms with E-state index in [0.717, 1.165) is 60.6 Å². The van der Waals surface area contributed by atoms with Gasteiger partial charge in [-0.3, -0.25) is 4.90 Å². The molecule has 31 heavy (non-hydrogen) atoms. The molecule has 0 saturated carbocycles. The summed E-state index contributed by atoms with van der Waals surface area (Å²) in [5.41, 5.74) is 0. The number of halogens is 3. The first-order valence-electron chi connectivity index (χ1n) is 10.1. The highest BCUT2D eigenvalue weighted by molar-refractivity contribution is 9.10. The van der Waals surface area contributed by atoms with Crippen molar-refractivity contribution in [2.75, 3.05) is 32.8 Å². The summed E-state index contributed by atoms with van der Waals surface area (Å²) in [4.78, 5) is 2.29. The zero-order valence-electron chi connectivity index (χ0n) is 16.7. The van der Waals surface area contributed by atoms with Gasteiger partial charge in [0, 0.05) is 17.6 Å². The molecule has 6 nitrogen and oxygen atoms in total. The molecule has 10 heteroatoms. The molecule has 0 bridgehead atoms. The maximum Gasteiger partial charge on any atom is 0.240 e. The van der Waals surface area contributed by atoms with Gasteiger partial charge < -0.3 is 9.47 Å². The van der Waals surface area contributed by atoms with Crippen LogP contribution in [0.4, 0.5) is 4.39 Å². The van der Waals surface area contributed by atoms with Gasteiger partial charge in [0.2, 0.25) is 10.0 Å². The van der Waals surface area contributed by atoms with Crippen molar-refractivity contribution in [3.63, 3.8) is 0 Å². The number of nitrogens with one attached hydrogen (secondary N) is 1. The maximum atomic E-state index is 13.3. The number of sulfonamides is 1. The largest absolute Gasteiger partial charge is 0.486 e. The number of likely N-dealkylation sites (tertiary alicyclic amines) is 1. The Morgan fingerprint density at radius 1 is 1.16 bits per heavy atom. The number of piperidine rings is 1. The summed E-state index contributed by atoms with van der Waals surface area (Å²) in [6, 6.07) is 9.13. The average Bonchev–Trinajstić information content (AvgIpc) is 2.75. The lowest BCUT2D eigenvalue weighted by Gasteiger charge is -2.35. The van der Waals surface area contributed by atoms with Crippen LogP contribution in [0.1, 0.15) is 12.8 Å². The Labute approximate surface area is 194 Å². The number of hydrogen-bond acceptors (Lipinski definition) is 5. The van der Waals surface area contributed by atoms with Gasteiger partial charge in [0.05, 0.1) is 9.92 Å². The van der Waals surface area contributed by atoms with Crippen LogP contribution in [0.15, 0.2) is 45.8 Å². The topological polar surface area (TPSA) is 67.9 Å². The standard InChI is InChI=1S/C21H23BrClFN2O4S/c22-15-1-4-20-21(9-15)30-16(13-29-20)12-26-7-5-14(6-8-26)11-25-31(27,28)17-2-3-19(24)18(23)10-17/h1-4,9-10,14,16,25H,5-8,11-13H2. The number of nitrogens with zero attached hydrogens (tertiary/aromatic N) is 1. The fourth-order valence-electron chi connectivity index (χ4n) is 3.80. The lowest BCUT2D eigenvalue weighted by atomic mass is 9.97. The van der Waals surface area contributed by atoms with E-state index in [0.29, 0.717) is 13.2 Å². The quantitative estimate of drug-likeness (QED) is 0.606. The van der Waals surface area contributed by atoms with Crippen molar-refractivity contribution < 1.29 is 22.3 Å². The monoisotopic (exact) mass is 532 g/mol. The summed E-state index contributed by atoms with van der Waals surface area (Å²) >= 11 is 9.15. The summed E-state index contributed by atoms with van der Waals surface area (Å²) in [6.45, 7) is 3.34. The molecule has 2 heterocycles. The molecule has 1 unspecified atom stereocenters. The Morgan fingerprint density at radius 2 is 1.94 bits per heavy atom. The van der Waals surface area contributed by atoms with Crippen molar-refractivity contribution in [1.29, 1.82) is 0 Å². The molecule has 1 N–H and O–H groups in total. The van der Waals surface area contributed by atoms with Crippen LogP contribution in [0.5, 0.6) is 11.5 Å². The van der Waals surface area contributed by atoms with Crippen molar-refractivity contribution in [2.24, 2.45) is 5.92 Å². The van der Waals surface area contributed by atoms with Crippen molar-refractivity contribution in [2.45, 2.75) is 23.8 Å². The Morgan fingerprint density at radius 3 is 2.68 bits per heavy atom. The molecule has 2 aromatic rings. The Balaban J connectivity index is 1.24. The summed E-state index contributed by atoms with van der Waals surface area (Å²) in [5, 5.41) is -0.208. The van der Waals surface area contributed by atoms with Crippen LogP contribution in [-0.2, 0) is 10.0 Å². The third kappa shape index (κ3) is 5.70. The molecule has 2 aliphatic heterocycles. The normalized spacial score (nSPS) is 20.0. The molecule has 0 spiro atoms. The lowest BCUT2D eigenvalue weighted by Crippen LogP contribution is -2.45. The van der Waals surface area contributed by atoms with Gasteiger partial charge in [-0.1, -0.05) is 27.5 Å². The second kappa shape index (κ2) is 9.62. The Hall–Kier alpha value is -1.39. The average molecular weight is 534 g/mol. The third-order valence-corrected chi connectivity index (χ3v) is 7.76. The van der Waals surface area contributed by atoms with Crippen LogP contribution in [0, 0.1) is 11.7 Å². The summed E-state index contributed by atoms with van der Waals surface area (Å²) in [5.74, 6) is 1.10. The van der Waals surface area contributed by atoms with E-state index in [1.54, 1.807) is 0 Å². The van der Waals surface area contributed by atoms with Crippen molar-refractivity contribution in [3.05, 3.63) is 51.7 Å². The first-order chi connectivity index (χ1) is 14.8. The fourth-order valence-corrected chi connectivity index (χ4v) is 5.52. The van der Waals surface area contributed by atoms with Crippen LogP contribution >= 0.6 is 27.5 Å². The Kier molecular flexibility index (Phi) is 7.07. The van der Waals surface area contributed by atoms with Gasteiger partial charge in [0.15, 0.2) is 11.5 Å². The molecule has 1 fully saturated rings. The summed E-state index contributed by atoms with van der Waals surface area (Å²) in [6.07, 6.45) is 1.71. The predicted molar refractivity (Wildman–Crippen MR) is 120 cm³/mol. The van der Waals surface area contributed by atoms with E-state index >= 15 is 0 Å². The summed E-state index contributed by atoms with van der Waals surface area (Å²) in [7, 11) is -3.72. The smallest absolute Gasteiger partial charge is 0.240 e. The second-order valence-electron chi connectivity index (χ2n) is 7.81. The van der Waals surface area contributed by atoms with E-state index in [2.05, 4.69) is 25.6 Å². The third-order valence-electron chi connectivity index (χ3n) is 5.56. The zero-order chi connectivity index (χ0) is 22.0. The van der Waals surface area contributed by atoms with Crippen molar-refractivity contribution >= 4 is 37.6 Å². The van der Waals surface area contributed by atoms with E-state index in [1.165, 1.54) is 6.07 Å². The van der Waals surface area contributed by atoms with E-state index in [4.69, 9.17) is 21.1 Å². The molecule has 2 aromatic carbocycles. The molecular formula is C21H23BrClFN2O4S. The van der Waals surface area contributed by atoms with Crippen molar-refractivity contribution in [3.8, 4) is 11.5 Å². The second-order valence-corrected chi connectivity index (χ2v) is 10.9. The number of rotatable bonds is 6. The molecule has 2 aliphatic rings. The minimum absolute atomic E-state index is 0.0299. The molecule has 0 radical (unpaired) electrons. The van der Waals surface area contributed by atoms with Crippen LogP contribution in [0.25, 0.3) is 0 Å². The fraction of sp³-hybridized carbons (Fsp3) is 0.429. The van der Waals surface area contributed by atoms with Crippen molar-refractivity contribution in [1.82, 2.24) is 9.62 Å². The van der Waals surface area contributed by atoms with Gasteiger partial charge in [-0.05, 0) is 68.2 Å². The van der Waals surface area contributed by atoms with E-state index < -0.39 is 15.8 Å². The van der Waals surface area contributed by atoms with E-state index in [9.17, 15) is 12.8 Å². The molecule has 0 amide bonds. The first kappa shape index (κ1) is 22.8. The minimum atomic E-state index is -3.72. The van der Waals surface area contributed by atoms with E-state index in [-0.39, 0.29) is 21.9 Å². The lowest BCUT2D eigenvalue weighted by molar-refractivity contribution is 0.0480. The highest BCUT2D eigenvalue weighted by atomic mass is 79.9. The van der Waals surface area contributed by atoms with Gasteiger partial charge in [0.25, 0.3) is 0 Å². The SMILES string of the molecule is O=S(=O)(NCC1CCN(CC2COc3ccc(Br)cc3O2)CC1)c1ccc(F)c(Cl)c1. The maximum absolute atomic E-state index is 13.3. The Bertz CT molecular complexity index is 1050.